The Balaban J connectivity index is 1.27. The van der Waals surface area contributed by atoms with E-state index in [-0.39, 0.29) is 6.09 Å². The van der Waals surface area contributed by atoms with Gasteiger partial charge in [0.25, 0.3) is 0 Å². The van der Waals surface area contributed by atoms with Gasteiger partial charge in [-0.1, -0.05) is 30.3 Å². The van der Waals surface area contributed by atoms with Gasteiger partial charge in [-0.05, 0) is 56.0 Å². The van der Waals surface area contributed by atoms with Crippen molar-refractivity contribution in [2.24, 2.45) is 0 Å². The maximum atomic E-state index is 12.2. The van der Waals surface area contributed by atoms with Crippen molar-refractivity contribution in [2.45, 2.75) is 32.8 Å². The summed E-state index contributed by atoms with van der Waals surface area (Å²) in [5.41, 5.74) is 4.37. The van der Waals surface area contributed by atoms with Gasteiger partial charge in [0.2, 0.25) is 0 Å². The van der Waals surface area contributed by atoms with E-state index in [0.29, 0.717) is 0 Å². The fourth-order valence-electron chi connectivity index (χ4n) is 3.75. The molecule has 1 amide bonds. The van der Waals surface area contributed by atoms with Crippen molar-refractivity contribution in [1.29, 1.82) is 0 Å². The van der Waals surface area contributed by atoms with E-state index in [1.807, 2.05) is 31.9 Å². The zero-order valence-corrected chi connectivity index (χ0v) is 18.0. The highest BCUT2D eigenvalue weighted by Crippen LogP contribution is 2.24. The molecule has 0 bridgehead atoms. The predicted molar refractivity (Wildman–Crippen MR) is 119 cm³/mol. The molecule has 1 saturated heterocycles. The van der Waals surface area contributed by atoms with Crippen LogP contribution in [0.3, 0.4) is 0 Å². The normalized spacial score (nSPS) is 15.5. The number of fused-ring (bicyclic) bond motifs is 1. The summed E-state index contributed by atoms with van der Waals surface area (Å²) in [4.78, 5) is 16.4. The first kappa shape index (κ1) is 20.4. The zero-order chi connectivity index (χ0) is 21.1. The smallest absolute Gasteiger partial charge is 0.410 e. The number of aromatic amines is 1. The van der Waals surface area contributed by atoms with Crippen LogP contribution in [-0.2, 0) is 11.2 Å². The molecule has 0 atom stereocenters. The lowest BCUT2D eigenvalue weighted by Gasteiger charge is -2.35. The topological polar surface area (TPSA) is 61.5 Å². The standard InChI is InChI=1S/C24H30N4O2/c1-24(2,3)30-23(29)28-14-12-27(13-15-28)11-10-18-4-6-19(7-5-18)20-8-9-22-21(16-20)17-25-26-22/h4-9,16-17H,10-15H2,1-3H3,(H,25,26). The van der Waals surface area contributed by atoms with Crippen molar-refractivity contribution in [2.75, 3.05) is 32.7 Å². The van der Waals surface area contributed by atoms with E-state index < -0.39 is 5.60 Å². The molecule has 1 aliphatic rings. The summed E-state index contributed by atoms with van der Waals surface area (Å²) in [6.07, 6.45) is 2.66. The molecular formula is C24H30N4O2. The van der Waals surface area contributed by atoms with E-state index in [1.165, 1.54) is 16.7 Å². The molecule has 4 rings (SSSR count). The molecule has 3 aromatic rings. The Morgan fingerprint density at radius 1 is 1.03 bits per heavy atom. The van der Waals surface area contributed by atoms with Gasteiger partial charge in [0.05, 0.1) is 11.7 Å². The second kappa shape index (κ2) is 8.48. The molecule has 6 nitrogen and oxygen atoms in total. The molecule has 0 saturated carbocycles. The minimum atomic E-state index is -0.440. The first-order valence-corrected chi connectivity index (χ1v) is 10.6. The summed E-state index contributed by atoms with van der Waals surface area (Å²) in [6, 6.07) is 15.2. The highest BCUT2D eigenvalue weighted by Gasteiger charge is 2.25. The molecule has 1 N–H and O–H groups in total. The van der Waals surface area contributed by atoms with Crippen LogP contribution in [0, 0.1) is 0 Å². The third kappa shape index (κ3) is 5.00. The van der Waals surface area contributed by atoms with Crippen LogP contribution < -0.4 is 0 Å². The van der Waals surface area contributed by atoms with Crippen LogP contribution in [0.5, 0.6) is 0 Å². The number of piperazine rings is 1. The van der Waals surface area contributed by atoms with E-state index in [0.717, 1.165) is 50.0 Å². The summed E-state index contributed by atoms with van der Waals surface area (Å²) < 4.78 is 5.47. The Morgan fingerprint density at radius 3 is 2.43 bits per heavy atom. The van der Waals surface area contributed by atoms with E-state index in [9.17, 15) is 4.79 Å². The van der Waals surface area contributed by atoms with Crippen molar-refractivity contribution in [3.05, 3.63) is 54.2 Å². The molecular weight excluding hydrogens is 376 g/mol. The van der Waals surface area contributed by atoms with Gasteiger partial charge in [-0.3, -0.25) is 10.00 Å². The number of ether oxygens (including phenoxy) is 1. The third-order valence-electron chi connectivity index (χ3n) is 5.47. The number of rotatable bonds is 4. The SMILES string of the molecule is CC(C)(C)OC(=O)N1CCN(CCc2ccc(-c3ccc4[nH]ncc4c3)cc2)CC1. The molecule has 0 aliphatic carbocycles. The average molecular weight is 407 g/mol. The lowest BCUT2D eigenvalue weighted by molar-refractivity contribution is 0.0146. The largest absolute Gasteiger partial charge is 0.444 e. The summed E-state index contributed by atoms with van der Waals surface area (Å²) >= 11 is 0. The first-order valence-electron chi connectivity index (χ1n) is 10.6. The van der Waals surface area contributed by atoms with Gasteiger partial charge in [0, 0.05) is 38.1 Å². The third-order valence-corrected chi connectivity index (χ3v) is 5.47. The van der Waals surface area contributed by atoms with Gasteiger partial charge in [-0.2, -0.15) is 5.10 Å². The highest BCUT2D eigenvalue weighted by molar-refractivity contribution is 5.84. The number of amides is 1. The molecule has 2 aromatic carbocycles. The summed E-state index contributed by atoms with van der Waals surface area (Å²) in [6.45, 7) is 9.95. The maximum absolute atomic E-state index is 12.2. The van der Waals surface area contributed by atoms with Crippen LogP contribution in [-0.4, -0.2) is 64.4 Å². The quantitative estimate of drug-likeness (QED) is 0.701. The monoisotopic (exact) mass is 406 g/mol. The van der Waals surface area contributed by atoms with E-state index in [4.69, 9.17) is 4.74 Å². The fraction of sp³-hybridized carbons (Fsp3) is 0.417. The molecule has 2 heterocycles. The Hall–Kier alpha value is -2.86. The molecule has 1 aliphatic heterocycles. The molecule has 158 valence electrons. The van der Waals surface area contributed by atoms with Crippen LogP contribution >= 0.6 is 0 Å². The molecule has 1 aromatic heterocycles. The van der Waals surface area contributed by atoms with Gasteiger partial charge in [0.1, 0.15) is 5.60 Å². The molecule has 1 fully saturated rings. The molecule has 0 radical (unpaired) electrons. The number of benzene rings is 2. The number of hydrogen-bond donors (Lipinski definition) is 1. The van der Waals surface area contributed by atoms with Crippen molar-refractivity contribution in [1.82, 2.24) is 20.0 Å². The minimum Gasteiger partial charge on any atom is -0.444 e. The van der Waals surface area contributed by atoms with E-state index in [2.05, 4.69) is 57.6 Å². The number of nitrogens with zero attached hydrogens (tertiary/aromatic N) is 3. The van der Waals surface area contributed by atoms with Crippen molar-refractivity contribution in [3.8, 4) is 11.1 Å². The molecule has 30 heavy (non-hydrogen) atoms. The van der Waals surface area contributed by atoms with Crippen LogP contribution in [0.2, 0.25) is 0 Å². The van der Waals surface area contributed by atoms with Gasteiger partial charge in [-0.25, -0.2) is 4.79 Å². The number of aromatic nitrogens is 2. The second-order valence-electron chi connectivity index (χ2n) is 8.93. The number of carbonyl (C=O) groups is 1. The summed E-state index contributed by atoms with van der Waals surface area (Å²) in [7, 11) is 0. The molecule has 0 unspecified atom stereocenters. The van der Waals surface area contributed by atoms with Crippen molar-refractivity contribution >= 4 is 17.0 Å². The van der Waals surface area contributed by atoms with Crippen LogP contribution in [0.15, 0.2) is 48.7 Å². The zero-order valence-electron chi connectivity index (χ0n) is 18.0. The van der Waals surface area contributed by atoms with Gasteiger partial charge in [-0.15, -0.1) is 0 Å². The lowest BCUT2D eigenvalue weighted by atomic mass is 10.0. The number of carbonyl (C=O) groups excluding carboxylic acids is 1. The number of H-pyrrole nitrogens is 1. The maximum Gasteiger partial charge on any atom is 0.410 e. The number of nitrogens with one attached hydrogen (secondary N) is 1. The Labute approximate surface area is 177 Å². The lowest BCUT2D eigenvalue weighted by Crippen LogP contribution is -2.50. The average Bonchev–Trinajstić information content (AvgIpc) is 3.20. The van der Waals surface area contributed by atoms with Crippen LogP contribution in [0.25, 0.3) is 22.0 Å². The van der Waals surface area contributed by atoms with E-state index in [1.54, 1.807) is 0 Å². The van der Waals surface area contributed by atoms with Crippen molar-refractivity contribution in [3.63, 3.8) is 0 Å². The fourth-order valence-corrected chi connectivity index (χ4v) is 3.75. The Bertz CT molecular complexity index is 996. The number of hydrogen-bond acceptors (Lipinski definition) is 4. The summed E-state index contributed by atoms with van der Waals surface area (Å²) in [5, 5.41) is 8.21. The molecule has 0 spiro atoms. The van der Waals surface area contributed by atoms with Crippen LogP contribution in [0.4, 0.5) is 4.79 Å². The highest BCUT2D eigenvalue weighted by atomic mass is 16.6. The molecule has 6 heteroatoms. The van der Waals surface area contributed by atoms with Crippen molar-refractivity contribution < 1.29 is 9.53 Å². The summed E-state index contributed by atoms with van der Waals surface area (Å²) in [5.74, 6) is 0. The predicted octanol–water partition coefficient (Wildman–Crippen LogP) is 4.33. The minimum absolute atomic E-state index is 0.202. The van der Waals surface area contributed by atoms with Gasteiger partial charge < -0.3 is 9.64 Å². The Kier molecular flexibility index (Phi) is 5.77. The Morgan fingerprint density at radius 2 is 1.73 bits per heavy atom. The van der Waals surface area contributed by atoms with Gasteiger partial charge >= 0.3 is 6.09 Å². The van der Waals surface area contributed by atoms with Crippen LogP contribution in [0.1, 0.15) is 26.3 Å². The second-order valence-corrected chi connectivity index (χ2v) is 8.93. The van der Waals surface area contributed by atoms with Gasteiger partial charge in [0.15, 0.2) is 0 Å². The first-order chi connectivity index (χ1) is 14.4. The van der Waals surface area contributed by atoms with E-state index >= 15 is 0 Å².